The van der Waals surface area contributed by atoms with Gasteiger partial charge in [0.15, 0.2) is 0 Å². The summed E-state index contributed by atoms with van der Waals surface area (Å²) in [5.74, 6) is -3.73. The van der Waals surface area contributed by atoms with E-state index < -0.39 is 17.7 Å². The Morgan fingerprint density at radius 3 is 2.31 bits per heavy atom. The van der Waals surface area contributed by atoms with E-state index in [1.54, 1.807) is 6.92 Å². The number of rotatable bonds is 7. The van der Waals surface area contributed by atoms with Crippen LogP contribution in [0.3, 0.4) is 0 Å². The minimum Gasteiger partial charge on any atom is -0.461 e. The minimum absolute atomic E-state index is 0.0687. The molecule has 0 aliphatic carbocycles. The Kier molecular flexibility index (Phi) is 6.72. The lowest BCUT2D eigenvalue weighted by molar-refractivity contribution is -0.228. The number of carbonyl (C=O) groups excluding carboxylic acids is 2. The highest BCUT2D eigenvalue weighted by molar-refractivity contribution is 5.81. The first-order valence-corrected chi connectivity index (χ1v) is 5.55. The first-order chi connectivity index (χ1) is 7.46. The molecule has 0 spiro atoms. The molecule has 0 rings (SSSR count). The number of carbonyl (C=O) groups is 2. The van der Waals surface area contributed by atoms with Crippen LogP contribution in [-0.2, 0) is 19.1 Å². The van der Waals surface area contributed by atoms with Crippen LogP contribution in [0.4, 0.5) is 0 Å². The van der Waals surface area contributed by atoms with Gasteiger partial charge in [0.2, 0.25) is 0 Å². The minimum atomic E-state index is -2.13. The van der Waals surface area contributed by atoms with Gasteiger partial charge in [-0.1, -0.05) is 19.8 Å². The summed E-state index contributed by atoms with van der Waals surface area (Å²) in [6.45, 7) is 4.90. The van der Waals surface area contributed by atoms with Gasteiger partial charge in [-0.25, -0.2) is 4.79 Å². The largest absolute Gasteiger partial charge is 0.461 e. The number of hydrogen-bond acceptors (Lipinski definition) is 5. The van der Waals surface area contributed by atoms with Crippen LogP contribution in [0.1, 0.15) is 46.5 Å². The Bertz CT molecular complexity index is 239. The van der Waals surface area contributed by atoms with Crippen molar-refractivity contribution in [3.8, 4) is 0 Å². The van der Waals surface area contributed by atoms with Crippen molar-refractivity contribution in [1.82, 2.24) is 0 Å². The van der Waals surface area contributed by atoms with Crippen LogP contribution in [0.2, 0.25) is 0 Å². The summed E-state index contributed by atoms with van der Waals surface area (Å²) >= 11 is 0. The average Bonchev–Trinajstić information content (AvgIpc) is 2.17. The molecule has 5 heteroatoms. The molecular formula is C11H20O5. The molecule has 0 saturated heterocycles. The van der Waals surface area contributed by atoms with Gasteiger partial charge >= 0.3 is 17.7 Å². The molecule has 0 radical (unpaired) electrons. The van der Waals surface area contributed by atoms with Crippen LogP contribution in [0, 0.1) is 0 Å². The normalized spacial score (nSPS) is 14.0. The Hall–Kier alpha value is -1.10. The topological polar surface area (TPSA) is 72.8 Å². The van der Waals surface area contributed by atoms with E-state index >= 15 is 0 Å². The fourth-order valence-electron chi connectivity index (χ4n) is 1.29. The molecule has 0 heterocycles. The highest BCUT2D eigenvalue weighted by Gasteiger charge is 2.40. The Morgan fingerprint density at radius 1 is 1.25 bits per heavy atom. The molecule has 0 aromatic rings. The number of hydrogen-bond donors (Lipinski definition) is 1. The molecule has 0 fully saturated rings. The van der Waals surface area contributed by atoms with Crippen molar-refractivity contribution in [2.75, 3.05) is 6.61 Å². The summed E-state index contributed by atoms with van der Waals surface area (Å²) in [5, 5.41) is 9.89. The molecule has 16 heavy (non-hydrogen) atoms. The van der Waals surface area contributed by atoms with E-state index in [4.69, 9.17) is 0 Å². The van der Waals surface area contributed by atoms with E-state index in [9.17, 15) is 14.7 Å². The molecule has 0 amide bonds. The zero-order chi connectivity index (χ0) is 12.6. The molecule has 0 saturated carbocycles. The monoisotopic (exact) mass is 232 g/mol. The summed E-state index contributed by atoms with van der Waals surface area (Å²) in [7, 11) is 0. The smallest absolute Gasteiger partial charge is 0.379 e. The van der Waals surface area contributed by atoms with E-state index in [2.05, 4.69) is 9.47 Å². The van der Waals surface area contributed by atoms with Crippen LogP contribution in [-0.4, -0.2) is 29.4 Å². The van der Waals surface area contributed by atoms with Gasteiger partial charge in [-0.3, -0.25) is 4.79 Å². The molecule has 94 valence electrons. The summed E-state index contributed by atoms with van der Waals surface area (Å²) in [6.07, 6.45) is 2.46. The van der Waals surface area contributed by atoms with Gasteiger partial charge in [0.1, 0.15) is 0 Å². The van der Waals surface area contributed by atoms with Crippen LogP contribution in [0.5, 0.6) is 0 Å². The van der Waals surface area contributed by atoms with Crippen molar-refractivity contribution in [3.63, 3.8) is 0 Å². The van der Waals surface area contributed by atoms with E-state index in [1.807, 2.05) is 6.92 Å². The molecule has 0 aliphatic heterocycles. The lowest BCUT2D eigenvalue weighted by atomic mass is 10.1. The molecule has 0 aromatic carbocycles. The SMILES string of the molecule is CCCCCC(O)(OC(C)=O)C(=O)OCC. The zero-order valence-electron chi connectivity index (χ0n) is 10.1. The average molecular weight is 232 g/mol. The maximum atomic E-state index is 11.4. The maximum Gasteiger partial charge on any atom is 0.379 e. The Morgan fingerprint density at radius 2 is 1.88 bits per heavy atom. The third-order valence-electron chi connectivity index (χ3n) is 2.03. The molecule has 1 atom stereocenters. The van der Waals surface area contributed by atoms with Crippen LogP contribution >= 0.6 is 0 Å². The van der Waals surface area contributed by atoms with E-state index in [1.165, 1.54) is 0 Å². The second-order valence-electron chi connectivity index (χ2n) is 3.56. The van der Waals surface area contributed by atoms with Crippen molar-refractivity contribution in [1.29, 1.82) is 0 Å². The molecule has 0 aromatic heterocycles. The standard InChI is InChI=1S/C11H20O5/c1-4-6-7-8-11(14,16-9(3)12)10(13)15-5-2/h14H,4-8H2,1-3H3. The van der Waals surface area contributed by atoms with Crippen molar-refractivity contribution in [3.05, 3.63) is 0 Å². The predicted molar refractivity (Wildman–Crippen MR) is 57.5 cm³/mol. The molecule has 1 unspecified atom stereocenters. The van der Waals surface area contributed by atoms with Crippen molar-refractivity contribution < 1.29 is 24.2 Å². The number of unbranched alkanes of at least 4 members (excludes halogenated alkanes) is 2. The first-order valence-electron chi connectivity index (χ1n) is 5.55. The second kappa shape index (κ2) is 7.22. The molecule has 1 N–H and O–H groups in total. The van der Waals surface area contributed by atoms with Gasteiger partial charge in [-0.2, -0.15) is 0 Å². The second-order valence-corrected chi connectivity index (χ2v) is 3.56. The van der Waals surface area contributed by atoms with Crippen molar-refractivity contribution in [2.24, 2.45) is 0 Å². The third-order valence-corrected chi connectivity index (χ3v) is 2.03. The Balaban J connectivity index is 4.46. The first kappa shape index (κ1) is 14.9. The highest BCUT2D eigenvalue weighted by atomic mass is 16.7. The van der Waals surface area contributed by atoms with Crippen molar-refractivity contribution >= 4 is 11.9 Å². The van der Waals surface area contributed by atoms with Gasteiger partial charge in [-0.05, 0) is 13.3 Å². The van der Waals surface area contributed by atoms with Crippen LogP contribution < -0.4 is 0 Å². The summed E-state index contributed by atoms with van der Waals surface area (Å²) in [4.78, 5) is 22.3. The third kappa shape index (κ3) is 5.11. The molecule has 5 nitrogen and oxygen atoms in total. The molecule has 0 bridgehead atoms. The fourth-order valence-corrected chi connectivity index (χ4v) is 1.29. The number of aliphatic hydroxyl groups is 1. The van der Waals surface area contributed by atoms with E-state index in [-0.39, 0.29) is 13.0 Å². The highest BCUT2D eigenvalue weighted by Crippen LogP contribution is 2.19. The number of ether oxygens (including phenoxy) is 2. The van der Waals surface area contributed by atoms with Crippen LogP contribution in [0.25, 0.3) is 0 Å². The maximum absolute atomic E-state index is 11.4. The quantitative estimate of drug-likeness (QED) is 0.408. The van der Waals surface area contributed by atoms with Gasteiger partial charge < -0.3 is 14.6 Å². The summed E-state index contributed by atoms with van der Waals surface area (Å²) in [6, 6.07) is 0. The number of esters is 2. The van der Waals surface area contributed by atoms with Crippen LogP contribution in [0.15, 0.2) is 0 Å². The lowest BCUT2D eigenvalue weighted by Crippen LogP contribution is -2.44. The zero-order valence-corrected chi connectivity index (χ0v) is 10.1. The predicted octanol–water partition coefficient (Wildman–Crippen LogP) is 1.38. The fraction of sp³-hybridized carbons (Fsp3) is 0.818. The van der Waals surface area contributed by atoms with Gasteiger partial charge in [-0.15, -0.1) is 0 Å². The summed E-state index contributed by atoms with van der Waals surface area (Å²) < 4.78 is 9.31. The van der Waals surface area contributed by atoms with Gasteiger partial charge in [0, 0.05) is 13.3 Å². The lowest BCUT2D eigenvalue weighted by Gasteiger charge is -2.24. The van der Waals surface area contributed by atoms with Gasteiger partial charge in [0.05, 0.1) is 6.61 Å². The molecule has 0 aliphatic rings. The van der Waals surface area contributed by atoms with Crippen molar-refractivity contribution in [2.45, 2.75) is 52.2 Å². The van der Waals surface area contributed by atoms with Gasteiger partial charge in [0.25, 0.3) is 0 Å². The van der Waals surface area contributed by atoms with E-state index in [0.717, 1.165) is 19.8 Å². The summed E-state index contributed by atoms with van der Waals surface area (Å²) in [5.41, 5.74) is 0. The molecular weight excluding hydrogens is 212 g/mol. The Labute approximate surface area is 95.7 Å². The van der Waals surface area contributed by atoms with E-state index in [0.29, 0.717) is 6.42 Å².